The summed E-state index contributed by atoms with van der Waals surface area (Å²) in [6, 6.07) is 5.36. The van der Waals surface area contributed by atoms with E-state index in [2.05, 4.69) is 5.32 Å². The molecule has 1 rings (SSSR count). The minimum absolute atomic E-state index is 0.0839. The number of carbonyl (C=O) groups is 1. The summed E-state index contributed by atoms with van der Waals surface area (Å²) < 4.78 is 11.2. The number of anilines is 1. The molecule has 0 radical (unpaired) electrons. The van der Waals surface area contributed by atoms with Crippen LogP contribution >= 0.6 is 0 Å². The Morgan fingerprint density at radius 2 is 2.17 bits per heavy atom. The van der Waals surface area contributed by atoms with Crippen molar-refractivity contribution in [3.05, 3.63) is 29.3 Å². The molecule has 18 heavy (non-hydrogen) atoms. The van der Waals surface area contributed by atoms with Crippen LogP contribution in [0.25, 0.3) is 0 Å². The number of hydrogen-bond donors (Lipinski definition) is 2. The lowest BCUT2D eigenvalue weighted by Crippen LogP contribution is -2.28. The molecule has 0 aromatic heterocycles. The molecule has 3 N–H and O–H groups in total. The van der Waals surface area contributed by atoms with Crippen LogP contribution < -0.4 is 11.1 Å². The lowest BCUT2D eigenvalue weighted by molar-refractivity contribution is 0.0954. The maximum absolute atomic E-state index is 11.9. The molecule has 2 unspecified atom stereocenters. The van der Waals surface area contributed by atoms with E-state index in [4.69, 9.17) is 5.73 Å². The number of benzene rings is 1. The first kappa shape index (κ1) is 14.7. The normalized spacial score (nSPS) is 13.9. The van der Waals surface area contributed by atoms with Gasteiger partial charge >= 0.3 is 0 Å². The molecule has 0 aliphatic carbocycles. The molecule has 0 saturated heterocycles. The van der Waals surface area contributed by atoms with Crippen molar-refractivity contribution >= 4 is 22.4 Å². The predicted octanol–water partition coefficient (Wildman–Crippen LogP) is 1.46. The van der Waals surface area contributed by atoms with E-state index in [0.29, 0.717) is 24.2 Å². The molecule has 1 amide bonds. The van der Waals surface area contributed by atoms with Gasteiger partial charge in [-0.1, -0.05) is 13.0 Å². The van der Waals surface area contributed by atoms with Crippen molar-refractivity contribution in [2.24, 2.45) is 0 Å². The van der Waals surface area contributed by atoms with Crippen LogP contribution in [0, 0.1) is 6.92 Å². The highest BCUT2D eigenvalue weighted by Crippen LogP contribution is 2.13. The van der Waals surface area contributed by atoms with E-state index in [1.54, 1.807) is 18.4 Å². The average molecular weight is 268 g/mol. The van der Waals surface area contributed by atoms with Gasteiger partial charge < -0.3 is 11.1 Å². The quantitative estimate of drug-likeness (QED) is 0.794. The third-order valence-corrected chi connectivity index (χ3v) is 4.22. The van der Waals surface area contributed by atoms with Gasteiger partial charge in [-0.3, -0.25) is 9.00 Å². The Kier molecular flexibility index (Phi) is 5.34. The summed E-state index contributed by atoms with van der Waals surface area (Å²) in [5.74, 6) is -0.179. The molecule has 0 aliphatic heterocycles. The molecule has 0 fully saturated rings. The molecule has 0 spiro atoms. The van der Waals surface area contributed by atoms with Crippen molar-refractivity contribution in [3.8, 4) is 0 Å². The molecule has 0 saturated carbocycles. The highest BCUT2D eigenvalue weighted by molar-refractivity contribution is 7.84. The van der Waals surface area contributed by atoms with E-state index >= 15 is 0 Å². The van der Waals surface area contributed by atoms with Crippen molar-refractivity contribution in [3.63, 3.8) is 0 Å². The van der Waals surface area contributed by atoms with Crippen LogP contribution in [0.3, 0.4) is 0 Å². The second-order valence-corrected chi connectivity index (χ2v) is 6.25. The molecule has 100 valence electrons. The Morgan fingerprint density at radius 3 is 2.72 bits per heavy atom. The first-order valence-electron chi connectivity index (χ1n) is 5.88. The van der Waals surface area contributed by atoms with Crippen molar-refractivity contribution in [2.75, 3.05) is 18.5 Å². The number of carbonyl (C=O) groups excluding carboxylic acids is 1. The number of nitrogens with two attached hydrogens (primary N) is 1. The Morgan fingerprint density at radius 1 is 1.50 bits per heavy atom. The maximum Gasteiger partial charge on any atom is 0.253 e. The number of rotatable bonds is 5. The Bertz CT molecular complexity index is 460. The summed E-state index contributed by atoms with van der Waals surface area (Å²) in [6.45, 7) is 4.34. The van der Waals surface area contributed by atoms with Crippen LogP contribution in [0.15, 0.2) is 18.2 Å². The van der Waals surface area contributed by atoms with E-state index in [1.165, 1.54) is 0 Å². The molecular weight excluding hydrogens is 248 g/mol. The first-order valence-corrected chi connectivity index (χ1v) is 7.50. The van der Waals surface area contributed by atoms with E-state index in [-0.39, 0.29) is 11.2 Å². The van der Waals surface area contributed by atoms with Gasteiger partial charge in [-0.05, 0) is 31.0 Å². The zero-order chi connectivity index (χ0) is 13.7. The lowest BCUT2D eigenvalue weighted by atomic mass is 10.1. The van der Waals surface area contributed by atoms with E-state index in [0.717, 1.165) is 5.56 Å². The van der Waals surface area contributed by atoms with Gasteiger partial charge in [0.15, 0.2) is 0 Å². The van der Waals surface area contributed by atoms with Crippen LogP contribution in [-0.2, 0) is 10.8 Å². The molecule has 0 heterocycles. The van der Waals surface area contributed by atoms with Gasteiger partial charge in [0.1, 0.15) is 0 Å². The Labute approximate surface area is 110 Å². The molecular formula is C13H20N2O2S. The van der Waals surface area contributed by atoms with Gasteiger partial charge in [-0.25, -0.2) is 0 Å². The van der Waals surface area contributed by atoms with Crippen LogP contribution in [0.2, 0.25) is 0 Å². The number of amides is 1. The fourth-order valence-electron chi connectivity index (χ4n) is 1.54. The molecule has 0 bridgehead atoms. The zero-order valence-corrected chi connectivity index (χ0v) is 11.8. The Hall–Kier alpha value is -1.36. The summed E-state index contributed by atoms with van der Waals surface area (Å²) in [5, 5.41) is 2.88. The minimum atomic E-state index is -0.853. The number of aryl methyl sites for hydroxylation is 1. The van der Waals surface area contributed by atoms with Crippen LogP contribution in [-0.4, -0.2) is 28.2 Å². The van der Waals surface area contributed by atoms with Crippen molar-refractivity contribution in [1.29, 1.82) is 0 Å². The smallest absolute Gasteiger partial charge is 0.253 e. The third-order valence-electron chi connectivity index (χ3n) is 2.85. The fraction of sp³-hybridized carbons (Fsp3) is 0.462. The van der Waals surface area contributed by atoms with Crippen molar-refractivity contribution in [1.82, 2.24) is 5.32 Å². The minimum Gasteiger partial charge on any atom is -0.398 e. The topological polar surface area (TPSA) is 72.2 Å². The van der Waals surface area contributed by atoms with Gasteiger partial charge in [0.25, 0.3) is 5.91 Å². The molecule has 0 aliphatic rings. The summed E-state index contributed by atoms with van der Waals surface area (Å²) in [6.07, 6.45) is 2.37. The highest BCUT2D eigenvalue weighted by atomic mass is 32.2. The van der Waals surface area contributed by atoms with Gasteiger partial charge in [0.2, 0.25) is 0 Å². The summed E-state index contributed by atoms with van der Waals surface area (Å²) in [4.78, 5) is 11.9. The first-order chi connectivity index (χ1) is 8.41. The van der Waals surface area contributed by atoms with E-state index < -0.39 is 10.8 Å². The monoisotopic (exact) mass is 268 g/mol. The summed E-state index contributed by atoms with van der Waals surface area (Å²) in [7, 11) is -0.853. The van der Waals surface area contributed by atoms with Crippen LogP contribution in [0.4, 0.5) is 5.69 Å². The third kappa shape index (κ3) is 4.14. The second kappa shape index (κ2) is 6.54. The van der Waals surface area contributed by atoms with Crippen LogP contribution in [0.5, 0.6) is 0 Å². The van der Waals surface area contributed by atoms with Crippen molar-refractivity contribution in [2.45, 2.75) is 25.5 Å². The predicted molar refractivity (Wildman–Crippen MR) is 76.1 cm³/mol. The highest BCUT2D eigenvalue weighted by Gasteiger charge is 2.10. The van der Waals surface area contributed by atoms with Gasteiger partial charge in [0.05, 0.1) is 5.56 Å². The molecule has 1 aromatic carbocycles. The summed E-state index contributed by atoms with van der Waals surface area (Å²) in [5.41, 5.74) is 7.80. The standard InChI is InChI=1S/C13H20N2O2S/c1-9-4-5-11(12(14)8-9)13(16)15-7-6-10(2)18(3)17/h4-5,8,10H,6-7,14H2,1-3H3,(H,15,16). The average Bonchev–Trinajstić information content (AvgIpc) is 2.28. The number of nitrogens with one attached hydrogen (secondary N) is 1. The zero-order valence-electron chi connectivity index (χ0n) is 11.0. The fourth-order valence-corrected chi connectivity index (χ4v) is 1.99. The maximum atomic E-state index is 11.9. The largest absolute Gasteiger partial charge is 0.398 e. The van der Waals surface area contributed by atoms with E-state index in [1.807, 2.05) is 19.9 Å². The summed E-state index contributed by atoms with van der Waals surface area (Å²) >= 11 is 0. The number of nitrogen functional groups attached to an aromatic ring is 1. The van der Waals surface area contributed by atoms with Crippen LogP contribution in [0.1, 0.15) is 29.3 Å². The second-order valence-electron chi connectivity index (χ2n) is 4.44. The van der Waals surface area contributed by atoms with Gasteiger partial charge in [-0.2, -0.15) is 0 Å². The molecule has 2 atom stereocenters. The Balaban J connectivity index is 2.53. The molecule has 5 heteroatoms. The number of hydrogen-bond acceptors (Lipinski definition) is 3. The van der Waals surface area contributed by atoms with Gasteiger partial charge in [0, 0.05) is 34.5 Å². The SMILES string of the molecule is Cc1ccc(C(=O)NCCC(C)S(C)=O)c(N)c1. The van der Waals surface area contributed by atoms with Gasteiger partial charge in [-0.15, -0.1) is 0 Å². The molecule has 1 aromatic rings. The lowest BCUT2D eigenvalue weighted by Gasteiger charge is -2.10. The molecule has 4 nitrogen and oxygen atoms in total. The van der Waals surface area contributed by atoms with Crippen molar-refractivity contribution < 1.29 is 9.00 Å². The van der Waals surface area contributed by atoms with E-state index in [9.17, 15) is 9.00 Å².